The molecule has 24 heavy (non-hydrogen) atoms. The molecule has 0 heterocycles. The van der Waals surface area contributed by atoms with Gasteiger partial charge in [-0.3, -0.25) is 9.59 Å². The van der Waals surface area contributed by atoms with E-state index in [1.54, 1.807) is 7.05 Å². The highest BCUT2D eigenvalue weighted by Crippen LogP contribution is 2.44. The van der Waals surface area contributed by atoms with Crippen molar-refractivity contribution in [3.63, 3.8) is 0 Å². The number of rotatable bonds is 5. The van der Waals surface area contributed by atoms with E-state index in [2.05, 4.69) is 10.6 Å². The molecule has 4 heteroatoms. The van der Waals surface area contributed by atoms with Gasteiger partial charge in [0.15, 0.2) is 0 Å². The number of benzene rings is 2. The summed E-state index contributed by atoms with van der Waals surface area (Å²) < 4.78 is 0. The maximum Gasteiger partial charge on any atom is 0.235 e. The number of amides is 2. The topological polar surface area (TPSA) is 58.2 Å². The molecule has 0 unspecified atom stereocenters. The monoisotopic (exact) mass is 322 g/mol. The molecule has 0 aliphatic heterocycles. The lowest BCUT2D eigenvalue weighted by Gasteiger charge is -2.40. The Balaban J connectivity index is 1.71. The van der Waals surface area contributed by atoms with Crippen LogP contribution in [0, 0.1) is 0 Å². The van der Waals surface area contributed by atoms with Crippen LogP contribution in [-0.2, 0) is 21.4 Å². The molecule has 0 spiro atoms. The average molecular weight is 322 g/mol. The second-order valence-corrected chi connectivity index (χ2v) is 6.30. The third-order valence-corrected chi connectivity index (χ3v) is 4.82. The van der Waals surface area contributed by atoms with Crippen LogP contribution in [0.15, 0.2) is 54.6 Å². The van der Waals surface area contributed by atoms with E-state index >= 15 is 0 Å². The van der Waals surface area contributed by atoms with Gasteiger partial charge in [0, 0.05) is 12.7 Å². The molecule has 1 fully saturated rings. The summed E-state index contributed by atoms with van der Waals surface area (Å²) in [4.78, 5) is 24.2. The van der Waals surface area contributed by atoms with E-state index in [0.717, 1.165) is 36.1 Å². The summed E-state index contributed by atoms with van der Waals surface area (Å²) in [7, 11) is 1.62. The maximum absolute atomic E-state index is 12.9. The smallest absolute Gasteiger partial charge is 0.235 e. The lowest BCUT2D eigenvalue weighted by atomic mass is 9.64. The third-order valence-electron chi connectivity index (χ3n) is 4.82. The van der Waals surface area contributed by atoms with Gasteiger partial charge >= 0.3 is 0 Å². The quantitative estimate of drug-likeness (QED) is 0.889. The Kier molecular flexibility index (Phi) is 4.65. The SMILES string of the molecule is CNC(=O)Cc1ccc(NC(=O)C2(c3ccccc3)CCC2)cc1. The molecule has 2 amide bonds. The van der Waals surface area contributed by atoms with Gasteiger partial charge in [0.1, 0.15) is 0 Å². The first-order valence-corrected chi connectivity index (χ1v) is 8.30. The summed E-state index contributed by atoms with van der Waals surface area (Å²) in [6.45, 7) is 0. The second-order valence-electron chi connectivity index (χ2n) is 6.30. The number of carbonyl (C=O) groups is 2. The largest absolute Gasteiger partial charge is 0.359 e. The molecule has 0 bridgehead atoms. The lowest BCUT2D eigenvalue weighted by molar-refractivity contribution is -0.124. The normalized spacial score (nSPS) is 15.2. The zero-order chi connectivity index (χ0) is 17.0. The molecule has 2 N–H and O–H groups in total. The minimum Gasteiger partial charge on any atom is -0.359 e. The van der Waals surface area contributed by atoms with E-state index in [-0.39, 0.29) is 11.8 Å². The van der Waals surface area contributed by atoms with Gasteiger partial charge in [0.05, 0.1) is 11.8 Å². The lowest BCUT2D eigenvalue weighted by Crippen LogP contribution is -2.45. The van der Waals surface area contributed by atoms with Crippen molar-refractivity contribution in [3.8, 4) is 0 Å². The number of hydrogen-bond acceptors (Lipinski definition) is 2. The zero-order valence-electron chi connectivity index (χ0n) is 13.8. The van der Waals surface area contributed by atoms with E-state index in [4.69, 9.17) is 0 Å². The van der Waals surface area contributed by atoms with Gasteiger partial charge in [-0.25, -0.2) is 0 Å². The van der Waals surface area contributed by atoms with E-state index in [9.17, 15) is 9.59 Å². The van der Waals surface area contributed by atoms with Gasteiger partial charge in [-0.05, 0) is 36.1 Å². The first-order valence-electron chi connectivity index (χ1n) is 8.30. The van der Waals surface area contributed by atoms with Crippen molar-refractivity contribution in [2.45, 2.75) is 31.1 Å². The van der Waals surface area contributed by atoms with Crippen LogP contribution < -0.4 is 10.6 Å². The molecule has 0 radical (unpaired) electrons. The summed E-state index contributed by atoms with van der Waals surface area (Å²) in [5.74, 6) is 0.0308. The highest BCUT2D eigenvalue weighted by molar-refractivity contribution is 6.00. The number of likely N-dealkylation sites (N-methyl/N-ethyl adjacent to an activating group) is 1. The molecular weight excluding hydrogens is 300 g/mol. The van der Waals surface area contributed by atoms with Crippen LogP contribution >= 0.6 is 0 Å². The number of carbonyl (C=O) groups excluding carboxylic acids is 2. The van der Waals surface area contributed by atoms with E-state index in [0.29, 0.717) is 6.42 Å². The van der Waals surface area contributed by atoms with Crippen LogP contribution in [0.4, 0.5) is 5.69 Å². The molecule has 1 aliphatic carbocycles. The number of hydrogen-bond donors (Lipinski definition) is 2. The van der Waals surface area contributed by atoms with Crippen LogP contribution in [0.5, 0.6) is 0 Å². The van der Waals surface area contributed by atoms with Gasteiger partial charge in [-0.1, -0.05) is 48.9 Å². The van der Waals surface area contributed by atoms with Crippen molar-refractivity contribution in [1.82, 2.24) is 5.32 Å². The predicted molar refractivity (Wildman–Crippen MR) is 94.8 cm³/mol. The molecule has 1 aliphatic rings. The standard InChI is InChI=1S/C20H22N2O2/c1-21-18(23)14-15-8-10-17(11-9-15)22-19(24)20(12-5-13-20)16-6-3-2-4-7-16/h2-4,6-11H,5,12-14H2,1H3,(H,21,23)(H,22,24). The van der Waals surface area contributed by atoms with Crippen molar-refractivity contribution in [2.24, 2.45) is 0 Å². The fourth-order valence-electron chi connectivity index (χ4n) is 3.16. The van der Waals surface area contributed by atoms with Crippen molar-refractivity contribution < 1.29 is 9.59 Å². The average Bonchev–Trinajstić information content (AvgIpc) is 2.56. The second kappa shape index (κ2) is 6.87. The fourth-order valence-corrected chi connectivity index (χ4v) is 3.16. The first-order chi connectivity index (χ1) is 11.6. The molecule has 2 aromatic carbocycles. The summed E-state index contributed by atoms with van der Waals surface area (Å²) in [6.07, 6.45) is 3.20. The van der Waals surface area contributed by atoms with Gasteiger partial charge in [-0.2, -0.15) is 0 Å². The Morgan fingerprint density at radius 2 is 1.67 bits per heavy atom. The summed E-state index contributed by atoms with van der Waals surface area (Å²) in [5, 5.41) is 5.64. The van der Waals surface area contributed by atoms with E-state index in [1.165, 1.54) is 0 Å². The minimum absolute atomic E-state index is 0.0238. The molecule has 4 nitrogen and oxygen atoms in total. The predicted octanol–water partition coefficient (Wildman–Crippen LogP) is 3.04. The molecule has 1 saturated carbocycles. The Morgan fingerprint density at radius 1 is 1.00 bits per heavy atom. The van der Waals surface area contributed by atoms with E-state index in [1.807, 2.05) is 54.6 Å². The molecule has 0 atom stereocenters. The Labute approximate surface area is 142 Å². The van der Waals surface area contributed by atoms with Crippen LogP contribution in [0.3, 0.4) is 0 Å². The van der Waals surface area contributed by atoms with Crippen LogP contribution in [0.25, 0.3) is 0 Å². The fraction of sp³-hybridized carbons (Fsp3) is 0.300. The Hall–Kier alpha value is -2.62. The molecule has 0 aromatic heterocycles. The zero-order valence-corrected chi connectivity index (χ0v) is 13.8. The van der Waals surface area contributed by atoms with E-state index < -0.39 is 5.41 Å². The van der Waals surface area contributed by atoms with Crippen molar-refractivity contribution >= 4 is 17.5 Å². The number of anilines is 1. The van der Waals surface area contributed by atoms with Crippen molar-refractivity contribution in [1.29, 1.82) is 0 Å². The Morgan fingerprint density at radius 3 is 2.21 bits per heavy atom. The van der Waals surface area contributed by atoms with Crippen LogP contribution in [0.1, 0.15) is 30.4 Å². The number of nitrogens with one attached hydrogen (secondary N) is 2. The van der Waals surface area contributed by atoms with Gasteiger partial charge in [-0.15, -0.1) is 0 Å². The molecule has 0 saturated heterocycles. The van der Waals surface area contributed by atoms with Gasteiger partial charge in [0.25, 0.3) is 0 Å². The molecule has 124 valence electrons. The van der Waals surface area contributed by atoms with Crippen molar-refractivity contribution in [2.75, 3.05) is 12.4 Å². The van der Waals surface area contributed by atoms with Crippen molar-refractivity contribution in [3.05, 3.63) is 65.7 Å². The Bertz CT molecular complexity index is 719. The maximum atomic E-state index is 12.9. The van der Waals surface area contributed by atoms with Crippen LogP contribution in [0.2, 0.25) is 0 Å². The highest BCUT2D eigenvalue weighted by Gasteiger charge is 2.45. The van der Waals surface area contributed by atoms with Gasteiger partial charge < -0.3 is 10.6 Å². The summed E-state index contributed by atoms with van der Waals surface area (Å²) in [5.41, 5.74) is 2.38. The minimum atomic E-state index is -0.401. The summed E-state index contributed by atoms with van der Waals surface area (Å²) >= 11 is 0. The molecular formula is C20H22N2O2. The molecule has 2 aromatic rings. The van der Waals surface area contributed by atoms with Crippen LogP contribution in [-0.4, -0.2) is 18.9 Å². The summed E-state index contributed by atoms with van der Waals surface area (Å²) in [6, 6.07) is 17.5. The van der Waals surface area contributed by atoms with Gasteiger partial charge in [0.2, 0.25) is 11.8 Å². The highest BCUT2D eigenvalue weighted by atomic mass is 16.2. The third kappa shape index (κ3) is 3.18. The molecule has 3 rings (SSSR count). The first kappa shape index (κ1) is 16.2.